The van der Waals surface area contributed by atoms with Crippen LogP contribution in [0.3, 0.4) is 0 Å². The zero-order chi connectivity index (χ0) is 29.5. The molecule has 3 aromatic rings. The maximum atomic E-state index is 15.4. The average molecular weight is 601 g/mol. The van der Waals surface area contributed by atoms with Crippen LogP contribution in [-0.2, 0) is 32.7 Å². The van der Waals surface area contributed by atoms with Crippen molar-refractivity contribution in [2.45, 2.75) is 68.9 Å². The molecule has 0 atom stereocenters. The summed E-state index contributed by atoms with van der Waals surface area (Å²) in [6.45, 7) is 1.78. The van der Waals surface area contributed by atoms with Gasteiger partial charge < -0.3 is 14.7 Å². The van der Waals surface area contributed by atoms with Crippen LogP contribution in [0.15, 0.2) is 52.1 Å². The minimum Gasteiger partial charge on any atom is -0.381 e. The van der Waals surface area contributed by atoms with Crippen molar-refractivity contribution in [3.05, 3.63) is 71.0 Å². The second-order valence-corrected chi connectivity index (χ2v) is 11.6. The van der Waals surface area contributed by atoms with E-state index in [1.54, 1.807) is 6.07 Å². The van der Waals surface area contributed by atoms with E-state index in [0.717, 1.165) is 49.6 Å². The molecular formula is C26H25F5N4O5S. The van der Waals surface area contributed by atoms with E-state index in [4.69, 9.17) is 0 Å². The highest BCUT2D eigenvalue weighted by Gasteiger charge is 2.46. The standard InChI is InChI=1S/C26H25F5N4O5S/c1-15-21(32-13-19-16(3-2-4-20(19)27)14-34-17-5-6-18(34)8-7-17)9-10-22(24(15)28)41(37,38)35(23-11-12-39-33-23)40-25(36)26(29,30)31/h2-4,9-12,17-18,32H,5-8,13-14H2,1H3. The van der Waals surface area contributed by atoms with Crippen LogP contribution < -0.4 is 9.79 Å². The molecule has 1 aromatic heterocycles. The number of fused-ring (bicyclic) bond motifs is 2. The smallest absolute Gasteiger partial charge is 0.381 e. The molecule has 0 aliphatic carbocycles. The molecular weight excluding hydrogens is 575 g/mol. The largest absolute Gasteiger partial charge is 0.493 e. The Labute approximate surface area is 231 Å². The third-order valence-electron chi connectivity index (χ3n) is 7.48. The van der Waals surface area contributed by atoms with Crippen molar-refractivity contribution in [1.82, 2.24) is 10.1 Å². The Morgan fingerprint density at radius 3 is 2.41 bits per heavy atom. The highest BCUT2D eigenvalue weighted by molar-refractivity contribution is 7.92. The maximum Gasteiger partial charge on any atom is 0.493 e. The van der Waals surface area contributed by atoms with Crippen molar-refractivity contribution in [1.29, 1.82) is 0 Å². The third-order valence-corrected chi connectivity index (χ3v) is 9.05. The second-order valence-electron chi connectivity index (χ2n) is 9.88. The molecule has 9 nitrogen and oxygen atoms in total. The Hall–Kier alpha value is -3.72. The Morgan fingerprint density at radius 1 is 1.12 bits per heavy atom. The van der Waals surface area contributed by atoms with Gasteiger partial charge >= 0.3 is 12.1 Å². The Kier molecular flexibility index (Phi) is 7.68. The van der Waals surface area contributed by atoms with E-state index >= 15 is 4.39 Å². The molecule has 0 spiro atoms. The lowest BCUT2D eigenvalue weighted by Gasteiger charge is -2.24. The summed E-state index contributed by atoms with van der Waals surface area (Å²) < 4.78 is 99.1. The predicted molar refractivity (Wildman–Crippen MR) is 135 cm³/mol. The lowest BCUT2D eigenvalue weighted by Crippen LogP contribution is -2.39. The molecule has 2 bridgehead atoms. The number of halogens is 5. The lowest BCUT2D eigenvalue weighted by atomic mass is 10.0. The SMILES string of the molecule is Cc1c(NCc2c(F)cccc2CN2C3CCC2CC3)ccc(S(=O)(=O)N(OC(=O)C(F)(F)F)c2ccon2)c1F. The van der Waals surface area contributed by atoms with Gasteiger partial charge in [-0.15, -0.1) is 0 Å². The van der Waals surface area contributed by atoms with Crippen molar-refractivity contribution < 1.29 is 44.5 Å². The van der Waals surface area contributed by atoms with E-state index in [-0.39, 0.29) is 17.8 Å². The molecule has 0 saturated carbocycles. The second kappa shape index (κ2) is 10.9. The summed E-state index contributed by atoms with van der Waals surface area (Å²) >= 11 is 0. The molecule has 1 N–H and O–H groups in total. The fraction of sp³-hybridized carbons (Fsp3) is 0.385. The van der Waals surface area contributed by atoms with Gasteiger partial charge in [0.15, 0.2) is 0 Å². The van der Waals surface area contributed by atoms with Crippen LogP contribution in [0.25, 0.3) is 0 Å². The van der Waals surface area contributed by atoms with Gasteiger partial charge in [-0.1, -0.05) is 21.8 Å². The summed E-state index contributed by atoms with van der Waals surface area (Å²) in [5.41, 5.74) is 1.07. The first-order chi connectivity index (χ1) is 19.4. The molecule has 0 unspecified atom stereocenters. The summed E-state index contributed by atoms with van der Waals surface area (Å²) in [7, 11) is -5.25. The third kappa shape index (κ3) is 5.60. The van der Waals surface area contributed by atoms with E-state index in [0.29, 0.717) is 24.2 Å². The number of anilines is 2. The van der Waals surface area contributed by atoms with Gasteiger partial charge in [-0.2, -0.15) is 21.6 Å². The molecule has 15 heteroatoms. The Balaban J connectivity index is 1.39. The number of hydrogen-bond acceptors (Lipinski definition) is 8. The predicted octanol–water partition coefficient (Wildman–Crippen LogP) is 5.22. The van der Waals surface area contributed by atoms with Crippen LogP contribution in [0.4, 0.5) is 33.5 Å². The molecule has 41 heavy (non-hydrogen) atoms. The Bertz CT molecular complexity index is 1530. The molecule has 0 radical (unpaired) electrons. The van der Waals surface area contributed by atoms with Crippen molar-refractivity contribution >= 4 is 27.5 Å². The fourth-order valence-electron chi connectivity index (χ4n) is 5.39. The van der Waals surface area contributed by atoms with E-state index in [1.807, 2.05) is 6.07 Å². The number of sulfonamides is 1. The number of carbonyl (C=O) groups is 1. The van der Waals surface area contributed by atoms with E-state index < -0.39 is 49.0 Å². The zero-order valence-corrected chi connectivity index (χ0v) is 22.4. The highest BCUT2D eigenvalue weighted by Crippen LogP contribution is 2.39. The van der Waals surface area contributed by atoms with Crippen molar-refractivity contribution in [2.75, 3.05) is 9.79 Å². The van der Waals surface area contributed by atoms with Crippen LogP contribution in [0.2, 0.25) is 0 Å². The summed E-state index contributed by atoms with van der Waals surface area (Å²) in [6, 6.07) is 8.51. The van der Waals surface area contributed by atoms with Crippen molar-refractivity contribution in [3.8, 4) is 0 Å². The Morgan fingerprint density at radius 2 is 1.80 bits per heavy atom. The van der Waals surface area contributed by atoms with E-state index in [9.17, 15) is 30.8 Å². The number of alkyl halides is 3. The van der Waals surface area contributed by atoms with Crippen molar-refractivity contribution in [3.63, 3.8) is 0 Å². The summed E-state index contributed by atoms with van der Waals surface area (Å²) in [5.74, 6) is -5.50. The molecule has 220 valence electrons. The van der Waals surface area contributed by atoms with Gasteiger partial charge in [0.2, 0.25) is 5.82 Å². The minimum atomic E-state index is -5.56. The minimum absolute atomic E-state index is 0.0359. The van der Waals surface area contributed by atoms with Gasteiger partial charge in [-0.25, -0.2) is 13.6 Å². The van der Waals surface area contributed by atoms with Crippen LogP contribution in [-0.4, -0.2) is 42.7 Å². The lowest BCUT2D eigenvalue weighted by molar-refractivity contribution is -0.199. The molecule has 2 fully saturated rings. The van der Waals surface area contributed by atoms with Crippen LogP contribution in [0.1, 0.15) is 42.4 Å². The number of nitrogens with one attached hydrogen (secondary N) is 1. The summed E-state index contributed by atoms with van der Waals surface area (Å²) in [6.07, 6.45) is -0.274. The molecule has 2 aliphatic rings. The molecule has 2 aromatic carbocycles. The van der Waals surface area contributed by atoms with Crippen LogP contribution in [0.5, 0.6) is 0 Å². The number of aromatic nitrogens is 1. The normalized spacial score (nSPS) is 19.0. The van der Waals surface area contributed by atoms with Crippen LogP contribution >= 0.6 is 0 Å². The van der Waals surface area contributed by atoms with E-state index in [1.165, 1.54) is 19.1 Å². The molecule has 5 rings (SSSR count). The average Bonchev–Trinajstić information content (AvgIpc) is 3.67. The quantitative estimate of drug-likeness (QED) is 0.264. The molecule has 3 heterocycles. The topological polar surface area (TPSA) is 105 Å². The van der Waals surface area contributed by atoms with Gasteiger partial charge in [0.1, 0.15) is 22.8 Å². The van der Waals surface area contributed by atoms with Gasteiger partial charge in [0, 0.05) is 48.1 Å². The monoisotopic (exact) mass is 600 g/mol. The first kappa shape index (κ1) is 28.8. The zero-order valence-electron chi connectivity index (χ0n) is 21.6. The first-order valence-electron chi connectivity index (χ1n) is 12.7. The summed E-state index contributed by atoms with van der Waals surface area (Å²) in [5, 5.41) is 6.13. The fourth-order valence-corrected chi connectivity index (χ4v) is 6.70. The molecule has 2 aliphatic heterocycles. The number of nitrogens with zero attached hydrogens (tertiary/aromatic N) is 3. The first-order valence-corrected chi connectivity index (χ1v) is 14.1. The molecule has 0 amide bonds. The maximum absolute atomic E-state index is 15.4. The van der Waals surface area contributed by atoms with Crippen molar-refractivity contribution in [2.24, 2.45) is 0 Å². The summed E-state index contributed by atoms with van der Waals surface area (Å²) in [4.78, 5) is 16.8. The van der Waals surface area contributed by atoms with Gasteiger partial charge in [-0.3, -0.25) is 4.90 Å². The number of benzene rings is 2. The van der Waals surface area contributed by atoms with Crippen LogP contribution in [0, 0.1) is 18.6 Å². The number of carbonyl (C=O) groups excluding carboxylic acids is 1. The highest BCUT2D eigenvalue weighted by atomic mass is 32.2. The molecule has 2 saturated heterocycles. The van der Waals surface area contributed by atoms with E-state index in [2.05, 4.69) is 24.7 Å². The van der Waals surface area contributed by atoms with Gasteiger partial charge in [-0.05, 0) is 56.4 Å². The van der Waals surface area contributed by atoms with Gasteiger partial charge in [0.25, 0.3) is 10.0 Å². The van der Waals surface area contributed by atoms with Gasteiger partial charge in [0.05, 0.1) is 0 Å². The number of hydrogen-bond donors (Lipinski definition) is 1. The number of rotatable bonds is 9.